The number of fused-ring (bicyclic) bond motifs is 1. The van der Waals surface area contributed by atoms with Crippen LogP contribution in [0.3, 0.4) is 0 Å². The minimum Gasteiger partial charge on any atom is -0.330 e. The van der Waals surface area contributed by atoms with Crippen LogP contribution in [0.5, 0.6) is 0 Å². The number of amides is 1. The maximum Gasteiger partial charge on any atom is 0.275 e. The van der Waals surface area contributed by atoms with Gasteiger partial charge in [0.25, 0.3) is 11.5 Å². The summed E-state index contributed by atoms with van der Waals surface area (Å²) >= 11 is 0. The molecule has 5 heteroatoms. The summed E-state index contributed by atoms with van der Waals surface area (Å²) in [5, 5.41) is 5.66. The predicted molar refractivity (Wildman–Crippen MR) is 106 cm³/mol. The molecule has 0 spiro atoms. The Morgan fingerprint density at radius 1 is 1.07 bits per heavy atom. The van der Waals surface area contributed by atoms with Crippen molar-refractivity contribution in [3.8, 4) is 0 Å². The molecule has 0 aliphatic heterocycles. The van der Waals surface area contributed by atoms with Crippen LogP contribution in [-0.2, 0) is 6.54 Å². The van der Waals surface area contributed by atoms with Crippen LogP contribution >= 0.6 is 0 Å². The zero-order chi connectivity index (χ0) is 19.0. The molecule has 0 radical (unpaired) electrons. The van der Waals surface area contributed by atoms with E-state index in [0.29, 0.717) is 23.0 Å². The molecule has 3 aromatic rings. The van der Waals surface area contributed by atoms with Gasteiger partial charge in [-0.1, -0.05) is 48.5 Å². The minimum atomic E-state index is -0.154. The van der Waals surface area contributed by atoms with Crippen molar-refractivity contribution in [2.24, 2.45) is 0 Å². The first-order valence-electron chi connectivity index (χ1n) is 9.42. The average Bonchev–Trinajstić information content (AvgIpc) is 3.52. The third kappa shape index (κ3) is 3.37. The molecular formula is C22H23N3O2. The minimum absolute atomic E-state index is 0.105. The smallest absolute Gasteiger partial charge is 0.275 e. The zero-order valence-corrected chi connectivity index (χ0v) is 15.6. The van der Waals surface area contributed by atoms with Gasteiger partial charge in [0.2, 0.25) is 0 Å². The lowest BCUT2D eigenvalue weighted by molar-refractivity contribution is 0.0723. The van der Waals surface area contributed by atoms with Gasteiger partial charge in [-0.25, -0.2) is 4.68 Å². The van der Waals surface area contributed by atoms with Crippen LogP contribution in [0.25, 0.3) is 10.8 Å². The fourth-order valence-electron chi connectivity index (χ4n) is 3.38. The first kappa shape index (κ1) is 17.5. The molecule has 5 nitrogen and oxygen atoms in total. The number of aromatic nitrogens is 2. The molecule has 1 heterocycles. The maximum atomic E-state index is 13.5. The Morgan fingerprint density at radius 3 is 2.33 bits per heavy atom. The molecule has 0 atom stereocenters. The highest BCUT2D eigenvalue weighted by molar-refractivity contribution is 6.05. The molecule has 0 N–H and O–H groups in total. The molecule has 2 aromatic carbocycles. The van der Waals surface area contributed by atoms with E-state index < -0.39 is 0 Å². The molecular weight excluding hydrogens is 338 g/mol. The van der Waals surface area contributed by atoms with Crippen LogP contribution in [0.4, 0.5) is 0 Å². The fraction of sp³-hybridized carbons (Fsp3) is 0.318. The second-order valence-electron chi connectivity index (χ2n) is 7.39. The predicted octanol–water partition coefficient (Wildman–Crippen LogP) is 3.78. The van der Waals surface area contributed by atoms with Gasteiger partial charge < -0.3 is 4.90 Å². The van der Waals surface area contributed by atoms with Crippen molar-refractivity contribution in [1.29, 1.82) is 0 Å². The molecule has 1 saturated carbocycles. The highest BCUT2D eigenvalue weighted by atomic mass is 16.2. The Bertz CT molecular complexity index is 1040. The summed E-state index contributed by atoms with van der Waals surface area (Å²) < 4.78 is 1.42. The Labute approximate surface area is 158 Å². The number of nitrogens with zero attached hydrogens (tertiary/aromatic N) is 3. The van der Waals surface area contributed by atoms with E-state index in [-0.39, 0.29) is 23.6 Å². The zero-order valence-electron chi connectivity index (χ0n) is 15.6. The maximum absolute atomic E-state index is 13.5. The molecule has 1 amide bonds. The van der Waals surface area contributed by atoms with Gasteiger partial charge in [0.1, 0.15) is 0 Å². The van der Waals surface area contributed by atoms with E-state index >= 15 is 0 Å². The van der Waals surface area contributed by atoms with E-state index in [1.165, 1.54) is 4.68 Å². The Balaban J connectivity index is 1.81. The lowest BCUT2D eigenvalue weighted by Gasteiger charge is -2.23. The largest absolute Gasteiger partial charge is 0.330 e. The third-order valence-electron chi connectivity index (χ3n) is 4.96. The van der Waals surface area contributed by atoms with Gasteiger partial charge in [-0.3, -0.25) is 9.59 Å². The first-order valence-corrected chi connectivity index (χ1v) is 9.42. The highest BCUT2D eigenvalue weighted by Crippen LogP contribution is 2.30. The van der Waals surface area contributed by atoms with Crippen LogP contribution in [-0.4, -0.2) is 26.6 Å². The molecule has 1 aromatic heterocycles. The molecule has 0 saturated heterocycles. The third-order valence-corrected chi connectivity index (χ3v) is 4.96. The van der Waals surface area contributed by atoms with Crippen molar-refractivity contribution in [3.05, 3.63) is 76.2 Å². The lowest BCUT2D eigenvalue weighted by Crippen LogP contribution is -2.36. The Morgan fingerprint density at radius 2 is 1.70 bits per heavy atom. The van der Waals surface area contributed by atoms with Gasteiger partial charge in [-0.15, -0.1) is 0 Å². The van der Waals surface area contributed by atoms with E-state index in [1.54, 1.807) is 6.07 Å². The second-order valence-corrected chi connectivity index (χ2v) is 7.39. The van der Waals surface area contributed by atoms with E-state index in [4.69, 9.17) is 0 Å². The van der Waals surface area contributed by atoms with Gasteiger partial charge in [0, 0.05) is 18.0 Å². The van der Waals surface area contributed by atoms with Crippen molar-refractivity contribution >= 4 is 16.7 Å². The molecule has 1 fully saturated rings. The molecule has 0 unspecified atom stereocenters. The van der Waals surface area contributed by atoms with E-state index in [2.05, 4.69) is 5.10 Å². The summed E-state index contributed by atoms with van der Waals surface area (Å²) in [6.07, 6.45) is 2.03. The topological polar surface area (TPSA) is 55.2 Å². The van der Waals surface area contributed by atoms with Crippen molar-refractivity contribution in [3.63, 3.8) is 0 Å². The van der Waals surface area contributed by atoms with Crippen molar-refractivity contribution in [1.82, 2.24) is 14.7 Å². The number of carbonyl (C=O) groups excluding carboxylic acids is 1. The van der Waals surface area contributed by atoms with Gasteiger partial charge in [-0.2, -0.15) is 5.10 Å². The van der Waals surface area contributed by atoms with Gasteiger partial charge >= 0.3 is 0 Å². The van der Waals surface area contributed by atoms with Crippen molar-refractivity contribution < 1.29 is 4.79 Å². The average molecular weight is 361 g/mol. The highest BCUT2D eigenvalue weighted by Gasteiger charge is 2.34. The first-order chi connectivity index (χ1) is 13.1. The summed E-state index contributed by atoms with van der Waals surface area (Å²) in [4.78, 5) is 28.1. The van der Waals surface area contributed by atoms with E-state index in [0.717, 1.165) is 18.4 Å². The van der Waals surface area contributed by atoms with E-state index in [1.807, 2.05) is 67.3 Å². The van der Waals surface area contributed by atoms with Crippen LogP contribution in [0, 0.1) is 0 Å². The standard InChI is InChI=1S/C22H23N3O2/c1-15(2)25-21(26)19-11-7-6-10-18(19)20(23-25)22(27)24(17-12-13-17)14-16-8-4-3-5-9-16/h3-11,15,17H,12-14H2,1-2H3. The molecule has 0 bridgehead atoms. The lowest BCUT2D eigenvalue weighted by atomic mass is 10.1. The molecule has 4 rings (SSSR count). The summed E-state index contributed by atoms with van der Waals surface area (Å²) in [6, 6.07) is 17.4. The molecule has 138 valence electrons. The monoisotopic (exact) mass is 361 g/mol. The number of benzene rings is 2. The summed E-state index contributed by atoms with van der Waals surface area (Å²) in [5.41, 5.74) is 1.30. The van der Waals surface area contributed by atoms with Crippen LogP contribution in [0.2, 0.25) is 0 Å². The molecule has 1 aliphatic carbocycles. The van der Waals surface area contributed by atoms with Gasteiger partial charge in [-0.05, 0) is 38.3 Å². The van der Waals surface area contributed by atoms with Crippen LogP contribution < -0.4 is 5.56 Å². The number of rotatable bonds is 5. The summed E-state index contributed by atoms with van der Waals surface area (Å²) in [7, 11) is 0. The van der Waals surface area contributed by atoms with Gasteiger partial charge in [0.15, 0.2) is 5.69 Å². The Hall–Kier alpha value is -2.95. The molecule has 1 aliphatic rings. The molecule has 27 heavy (non-hydrogen) atoms. The number of hydrogen-bond acceptors (Lipinski definition) is 3. The SMILES string of the molecule is CC(C)n1nc(C(=O)N(Cc2ccccc2)C2CC2)c2ccccc2c1=O. The normalized spacial score (nSPS) is 13.9. The number of carbonyl (C=O) groups is 1. The van der Waals surface area contributed by atoms with Crippen LogP contribution in [0.1, 0.15) is 48.8 Å². The fourth-order valence-corrected chi connectivity index (χ4v) is 3.38. The van der Waals surface area contributed by atoms with Crippen LogP contribution in [0.15, 0.2) is 59.4 Å². The Kier molecular flexibility index (Phi) is 4.52. The summed E-state index contributed by atoms with van der Waals surface area (Å²) in [6.45, 7) is 4.36. The number of hydrogen-bond donors (Lipinski definition) is 0. The summed E-state index contributed by atoms with van der Waals surface area (Å²) in [5.74, 6) is -0.105. The van der Waals surface area contributed by atoms with E-state index in [9.17, 15) is 9.59 Å². The second kappa shape index (κ2) is 6.99. The van der Waals surface area contributed by atoms with Gasteiger partial charge in [0.05, 0.1) is 11.4 Å². The van der Waals surface area contributed by atoms with Crippen molar-refractivity contribution in [2.45, 2.75) is 45.3 Å². The van der Waals surface area contributed by atoms with Crippen molar-refractivity contribution in [2.75, 3.05) is 0 Å². The quantitative estimate of drug-likeness (QED) is 0.695.